The zero-order valence-corrected chi connectivity index (χ0v) is 9.76. The number of fused-ring (bicyclic) bond motifs is 1. The van der Waals surface area contributed by atoms with Gasteiger partial charge in [0.05, 0.1) is 5.92 Å². The zero-order valence-electron chi connectivity index (χ0n) is 9.76. The lowest BCUT2D eigenvalue weighted by molar-refractivity contribution is -0.117. The number of hydrogen-bond acceptors (Lipinski definition) is 2. The van der Waals surface area contributed by atoms with Crippen molar-refractivity contribution in [2.24, 2.45) is 0 Å². The van der Waals surface area contributed by atoms with E-state index in [1.54, 1.807) is 12.1 Å². The number of hydrogen-bond donors (Lipinski definition) is 2. The van der Waals surface area contributed by atoms with E-state index in [1.165, 1.54) is 0 Å². The van der Waals surface area contributed by atoms with Gasteiger partial charge in [0, 0.05) is 5.69 Å². The monoisotopic (exact) mass is 239 g/mol. The van der Waals surface area contributed by atoms with Crippen molar-refractivity contribution in [3.8, 4) is 5.75 Å². The molecule has 1 aliphatic heterocycles. The van der Waals surface area contributed by atoms with Crippen molar-refractivity contribution in [1.82, 2.24) is 0 Å². The highest BCUT2D eigenvalue weighted by molar-refractivity contribution is 6.03. The number of rotatable bonds is 2. The third kappa shape index (κ3) is 1.84. The topological polar surface area (TPSA) is 49.3 Å². The molecular weight excluding hydrogens is 226 g/mol. The lowest BCUT2D eigenvalue weighted by Crippen LogP contribution is -2.14. The number of benzene rings is 2. The highest BCUT2D eigenvalue weighted by Gasteiger charge is 2.29. The Bertz CT molecular complexity index is 590. The number of anilines is 1. The average Bonchev–Trinajstić information content (AvgIpc) is 2.69. The Morgan fingerprint density at radius 3 is 2.56 bits per heavy atom. The van der Waals surface area contributed by atoms with Crippen LogP contribution in [0.3, 0.4) is 0 Å². The molecule has 1 amide bonds. The quantitative estimate of drug-likeness (QED) is 0.846. The summed E-state index contributed by atoms with van der Waals surface area (Å²) in [4.78, 5) is 11.9. The summed E-state index contributed by atoms with van der Waals surface area (Å²) in [7, 11) is 0. The third-order valence-corrected chi connectivity index (χ3v) is 3.29. The molecule has 0 aromatic heterocycles. The van der Waals surface area contributed by atoms with E-state index < -0.39 is 0 Å². The Kier molecular flexibility index (Phi) is 2.52. The summed E-state index contributed by atoms with van der Waals surface area (Å²) in [6.45, 7) is 0. The summed E-state index contributed by atoms with van der Waals surface area (Å²) in [5.41, 5.74) is 3.01. The maximum Gasteiger partial charge on any atom is 0.232 e. The molecule has 2 N–H and O–H groups in total. The number of phenolic OH excluding ortho intramolecular Hbond substituents is 1. The van der Waals surface area contributed by atoms with Crippen LogP contribution in [0.1, 0.15) is 17.0 Å². The number of carbonyl (C=O) groups excluding carboxylic acids is 1. The predicted molar refractivity (Wildman–Crippen MR) is 69.6 cm³/mol. The number of nitrogens with one attached hydrogen (secondary N) is 1. The molecule has 0 aliphatic carbocycles. The van der Waals surface area contributed by atoms with E-state index in [1.807, 2.05) is 36.4 Å². The van der Waals surface area contributed by atoms with Gasteiger partial charge in [-0.2, -0.15) is 0 Å². The van der Waals surface area contributed by atoms with E-state index >= 15 is 0 Å². The lowest BCUT2D eigenvalue weighted by Gasteiger charge is -2.08. The van der Waals surface area contributed by atoms with Gasteiger partial charge in [-0.05, 0) is 35.7 Å². The van der Waals surface area contributed by atoms with Crippen molar-refractivity contribution < 1.29 is 9.90 Å². The molecule has 1 atom stereocenters. The molecule has 1 heterocycles. The fourth-order valence-corrected chi connectivity index (χ4v) is 2.35. The molecule has 2 aromatic rings. The van der Waals surface area contributed by atoms with Crippen LogP contribution in [-0.2, 0) is 11.2 Å². The molecule has 0 spiro atoms. The number of phenols is 1. The Morgan fingerprint density at radius 1 is 1.06 bits per heavy atom. The molecule has 0 saturated heterocycles. The average molecular weight is 239 g/mol. The fourth-order valence-electron chi connectivity index (χ4n) is 2.35. The molecule has 3 heteroatoms. The molecule has 0 saturated carbocycles. The van der Waals surface area contributed by atoms with Crippen LogP contribution >= 0.6 is 0 Å². The smallest absolute Gasteiger partial charge is 0.232 e. The molecule has 90 valence electrons. The van der Waals surface area contributed by atoms with E-state index in [4.69, 9.17) is 0 Å². The Hall–Kier alpha value is -2.29. The molecule has 0 bridgehead atoms. The van der Waals surface area contributed by atoms with E-state index in [9.17, 15) is 9.90 Å². The minimum Gasteiger partial charge on any atom is -0.508 e. The maximum atomic E-state index is 11.9. The van der Waals surface area contributed by atoms with Gasteiger partial charge in [0.15, 0.2) is 0 Å². The van der Waals surface area contributed by atoms with Gasteiger partial charge in [0.1, 0.15) is 5.75 Å². The van der Waals surface area contributed by atoms with Crippen LogP contribution in [0.25, 0.3) is 0 Å². The molecule has 2 aromatic carbocycles. The first-order valence-electron chi connectivity index (χ1n) is 5.92. The van der Waals surface area contributed by atoms with Crippen molar-refractivity contribution in [1.29, 1.82) is 0 Å². The van der Waals surface area contributed by atoms with Gasteiger partial charge in [0.25, 0.3) is 0 Å². The Balaban J connectivity index is 1.89. The summed E-state index contributed by atoms with van der Waals surface area (Å²) in [6.07, 6.45) is 0.656. The third-order valence-electron chi connectivity index (χ3n) is 3.29. The minimum atomic E-state index is -0.134. The number of amides is 1. The summed E-state index contributed by atoms with van der Waals surface area (Å²) in [6, 6.07) is 14.8. The summed E-state index contributed by atoms with van der Waals surface area (Å²) < 4.78 is 0. The SMILES string of the molecule is O=C1Nc2ccccc2[C@H]1Cc1ccc(O)cc1. The van der Waals surface area contributed by atoms with Gasteiger partial charge in [-0.3, -0.25) is 4.79 Å². The second kappa shape index (κ2) is 4.18. The van der Waals surface area contributed by atoms with Crippen LogP contribution in [0.5, 0.6) is 5.75 Å². The minimum absolute atomic E-state index is 0.0456. The van der Waals surface area contributed by atoms with Crippen LogP contribution in [0.2, 0.25) is 0 Å². The van der Waals surface area contributed by atoms with E-state index in [-0.39, 0.29) is 17.6 Å². The zero-order chi connectivity index (χ0) is 12.5. The first kappa shape index (κ1) is 10.8. The molecule has 3 nitrogen and oxygen atoms in total. The first-order chi connectivity index (χ1) is 8.74. The van der Waals surface area contributed by atoms with Crippen molar-refractivity contribution in [2.75, 3.05) is 5.32 Å². The van der Waals surface area contributed by atoms with Crippen molar-refractivity contribution >= 4 is 11.6 Å². The largest absolute Gasteiger partial charge is 0.508 e. The molecule has 0 radical (unpaired) electrons. The molecule has 1 aliphatic rings. The van der Waals surface area contributed by atoms with E-state index in [2.05, 4.69) is 5.32 Å². The van der Waals surface area contributed by atoms with Crippen molar-refractivity contribution in [2.45, 2.75) is 12.3 Å². The normalized spacial score (nSPS) is 17.3. The molecular formula is C15H13NO2. The number of para-hydroxylation sites is 1. The Morgan fingerprint density at radius 2 is 1.78 bits per heavy atom. The van der Waals surface area contributed by atoms with E-state index in [0.29, 0.717) is 6.42 Å². The highest BCUT2D eigenvalue weighted by Crippen LogP contribution is 2.34. The molecule has 0 fully saturated rings. The molecule has 3 rings (SSSR count). The van der Waals surface area contributed by atoms with Crippen LogP contribution in [0, 0.1) is 0 Å². The van der Waals surface area contributed by atoms with Crippen LogP contribution in [0.15, 0.2) is 48.5 Å². The fraction of sp³-hybridized carbons (Fsp3) is 0.133. The van der Waals surface area contributed by atoms with Gasteiger partial charge in [0.2, 0.25) is 5.91 Å². The van der Waals surface area contributed by atoms with Crippen LogP contribution in [0.4, 0.5) is 5.69 Å². The number of carbonyl (C=O) groups is 1. The first-order valence-corrected chi connectivity index (χ1v) is 5.92. The second-order valence-electron chi connectivity index (χ2n) is 4.50. The highest BCUT2D eigenvalue weighted by atomic mass is 16.3. The van der Waals surface area contributed by atoms with Crippen LogP contribution in [-0.4, -0.2) is 11.0 Å². The van der Waals surface area contributed by atoms with E-state index in [0.717, 1.165) is 16.8 Å². The van der Waals surface area contributed by atoms with Gasteiger partial charge in [-0.1, -0.05) is 30.3 Å². The van der Waals surface area contributed by atoms with Gasteiger partial charge in [-0.25, -0.2) is 0 Å². The number of aromatic hydroxyl groups is 1. The van der Waals surface area contributed by atoms with Crippen LogP contribution < -0.4 is 5.32 Å². The van der Waals surface area contributed by atoms with Gasteiger partial charge < -0.3 is 10.4 Å². The van der Waals surface area contributed by atoms with Crippen molar-refractivity contribution in [3.63, 3.8) is 0 Å². The Labute approximate surface area is 105 Å². The summed E-state index contributed by atoms with van der Waals surface area (Å²) >= 11 is 0. The van der Waals surface area contributed by atoms with Crippen molar-refractivity contribution in [3.05, 3.63) is 59.7 Å². The maximum absolute atomic E-state index is 11.9. The summed E-state index contributed by atoms with van der Waals surface area (Å²) in [5.74, 6) is 0.157. The van der Waals surface area contributed by atoms with Gasteiger partial charge >= 0.3 is 0 Å². The lowest BCUT2D eigenvalue weighted by atomic mass is 9.93. The second-order valence-corrected chi connectivity index (χ2v) is 4.50. The standard InChI is InChI=1S/C15H13NO2/c17-11-7-5-10(6-8-11)9-13-12-3-1-2-4-14(12)16-15(13)18/h1-8,13,17H,9H2,(H,16,18)/t13-/m1/s1. The molecule has 18 heavy (non-hydrogen) atoms. The predicted octanol–water partition coefficient (Wildman–Crippen LogP) is 2.67. The van der Waals surface area contributed by atoms with Gasteiger partial charge in [-0.15, -0.1) is 0 Å². The molecule has 0 unspecified atom stereocenters. The summed E-state index contributed by atoms with van der Waals surface area (Å²) in [5, 5.41) is 12.1.